The summed E-state index contributed by atoms with van der Waals surface area (Å²) in [5.41, 5.74) is 3.67. The first-order chi connectivity index (χ1) is 12.7. The molecule has 0 aliphatic carbocycles. The Balaban J connectivity index is 1.72. The lowest BCUT2D eigenvalue weighted by Gasteiger charge is -2.23. The van der Waals surface area contributed by atoms with E-state index >= 15 is 0 Å². The molecule has 142 valence electrons. The van der Waals surface area contributed by atoms with Crippen molar-refractivity contribution in [3.63, 3.8) is 0 Å². The molecule has 5 nitrogen and oxygen atoms in total. The summed E-state index contributed by atoms with van der Waals surface area (Å²) in [6, 6.07) is 12.5. The van der Waals surface area contributed by atoms with Crippen LogP contribution in [0, 0.1) is 13.8 Å². The van der Waals surface area contributed by atoms with Crippen LogP contribution in [0.4, 0.5) is 10.5 Å². The predicted molar refractivity (Wildman–Crippen MR) is 107 cm³/mol. The molecule has 0 spiro atoms. The molecule has 2 atom stereocenters. The van der Waals surface area contributed by atoms with Crippen LogP contribution in [0.2, 0.25) is 5.02 Å². The van der Waals surface area contributed by atoms with E-state index in [0.717, 1.165) is 16.7 Å². The Morgan fingerprint density at radius 3 is 2.52 bits per heavy atom. The van der Waals surface area contributed by atoms with Crippen LogP contribution in [0.15, 0.2) is 42.5 Å². The molecule has 0 bridgehead atoms. The molecule has 2 fully saturated rings. The zero-order valence-electron chi connectivity index (χ0n) is 15.2. The Labute approximate surface area is 164 Å². The van der Waals surface area contributed by atoms with Crippen LogP contribution < -0.4 is 4.90 Å². The van der Waals surface area contributed by atoms with Crippen molar-refractivity contribution in [2.24, 2.45) is 0 Å². The van der Waals surface area contributed by atoms with E-state index in [4.69, 9.17) is 11.6 Å². The van der Waals surface area contributed by atoms with E-state index in [0.29, 0.717) is 17.3 Å². The first-order valence-corrected chi connectivity index (χ1v) is 11.1. The normalized spacial score (nSPS) is 23.7. The molecule has 2 aromatic carbocycles. The Hall–Kier alpha value is -2.05. The SMILES string of the molecule is Cc1cccc(CN2C(=O)N(c3ccc(C)c(Cl)c3)[C@H]3CS(=O)(=O)C[C@@H]32)c1. The molecular formula is C20H21ClN2O3S. The second-order valence-electron chi connectivity index (χ2n) is 7.41. The summed E-state index contributed by atoms with van der Waals surface area (Å²) in [6.07, 6.45) is 0. The lowest BCUT2D eigenvalue weighted by Crippen LogP contribution is -2.37. The summed E-state index contributed by atoms with van der Waals surface area (Å²) in [7, 11) is -3.19. The number of carbonyl (C=O) groups excluding carboxylic acids is 1. The van der Waals surface area contributed by atoms with Crippen LogP contribution in [0.5, 0.6) is 0 Å². The van der Waals surface area contributed by atoms with E-state index in [1.807, 2.05) is 50.2 Å². The van der Waals surface area contributed by atoms with Gasteiger partial charge in [0.15, 0.2) is 9.84 Å². The molecule has 0 saturated carbocycles. The van der Waals surface area contributed by atoms with Crippen LogP contribution in [-0.2, 0) is 16.4 Å². The van der Waals surface area contributed by atoms with E-state index in [2.05, 4.69) is 0 Å². The van der Waals surface area contributed by atoms with E-state index < -0.39 is 9.84 Å². The topological polar surface area (TPSA) is 57.7 Å². The third kappa shape index (κ3) is 3.32. The summed E-state index contributed by atoms with van der Waals surface area (Å²) in [6.45, 7) is 4.29. The molecule has 4 rings (SSSR count). The first-order valence-electron chi connectivity index (χ1n) is 8.87. The van der Waals surface area contributed by atoms with Crippen molar-refractivity contribution in [2.75, 3.05) is 16.4 Å². The number of halogens is 1. The standard InChI is InChI=1S/C20H21ClN2O3S/c1-13-4-3-5-15(8-13)10-22-18-11-27(25,26)12-19(18)23(20(22)24)16-7-6-14(2)17(21)9-16/h3-9,18-19H,10-12H2,1-2H3/t18-,19-/m0/s1. The Bertz CT molecular complexity index is 1020. The monoisotopic (exact) mass is 404 g/mol. The number of carbonyl (C=O) groups is 1. The number of fused-ring (bicyclic) bond motifs is 1. The molecule has 27 heavy (non-hydrogen) atoms. The van der Waals surface area contributed by atoms with Gasteiger partial charge in [0.1, 0.15) is 0 Å². The highest BCUT2D eigenvalue weighted by Gasteiger charge is 2.53. The summed E-state index contributed by atoms with van der Waals surface area (Å²) in [5, 5.41) is 0.565. The van der Waals surface area contributed by atoms with Gasteiger partial charge in [0, 0.05) is 17.3 Å². The second kappa shape index (κ2) is 6.53. The number of nitrogens with zero attached hydrogens (tertiary/aromatic N) is 2. The fourth-order valence-corrected chi connectivity index (χ4v) is 6.13. The minimum Gasteiger partial charge on any atom is -0.314 e. The van der Waals surface area contributed by atoms with Gasteiger partial charge in [0.25, 0.3) is 0 Å². The van der Waals surface area contributed by atoms with Crippen molar-refractivity contribution in [2.45, 2.75) is 32.5 Å². The molecule has 2 heterocycles. The highest BCUT2D eigenvalue weighted by Crippen LogP contribution is 2.37. The van der Waals surface area contributed by atoms with Gasteiger partial charge in [-0.15, -0.1) is 0 Å². The van der Waals surface area contributed by atoms with E-state index in [9.17, 15) is 13.2 Å². The number of amides is 2. The van der Waals surface area contributed by atoms with Crippen molar-refractivity contribution in [1.29, 1.82) is 0 Å². The number of hydrogen-bond donors (Lipinski definition) is 0. The lowest BCUT2D eigenvalue weighted by atomic mass is 10.1. The number of benzene rings is 2. The van der Waals surface area contributed by atoms with Crippen LogP contribution in [-0.4, -0.2) is 42.9 Å². The van der Waals surface area contributed by atoms with E-state index in [1.165, 1.54) is 0 Å². The molecule has 0 unspecified atom stereocenters. The molecule has 2 saturated heterocycles. The zero-order valence-corrected chi connectivity index (χ0v) is 16.8. The smallest absolute Gasteiger partial charge is 0.314 e. The van der Waals surface area contributed by atoms with Crippen molar-refractivity contribution in [3.8, 4) is 0 Å². The predicted octanol–water partition coefficient (Wildman–Crippen LogP) is 3.56. The molecule has 0 radical (unpaired) electrons. The van der Waals surface area contributed by atoms with Gasteiger partial charge >= 0.3 is 6.03 Å². The molecule has 7 heteroatoms. The molecule has 2 amide bonds. The van der Waals surface area contributed by atoms with Crippen LogP contribution in [0.3, 0.4) is 0 Å². The highest BCUT2D eigenvalue weighted by atomic mass is 35.5. The number of aryl methyl sites for hydroxylation is 2. The van der Waals surface area contributed by atoms with Crippen molar-refractivity contribution >= 4 is 33.2 Å². The molecule has 2 aliphatic rings. The number of anilines is 1. The fourth-order valence-electron chi connectivity index (χ4n) is 4.00. The molecule has 2 aliphatic heterocycles. The van der Waals surface area contributed by atoms with Gasteiger partial charge in [-0.25, -0.2) is 13.2 Å². The van der Waals surface area contributed by atoms with Gasteiger partial charge in [-0.05, 0) is 37.1 Å². The second-order valence-corrected chi connectivity index (χ2v) is 9.98. The maximum Gasteiger partial charge on any atom is 0.325 e. The van der Waals surface area contributed by atoms with Crippen LogP contribution >= 0.6 is 11.6 Å². The summed E-state index contributed by atoms with van der Waals surface area (Å²) in [4.78, 5) is 16.5. The lowest BCUT2D eigenvalue weighted by molar-refractivity contribution is 0.206. The van der Waals surface area contributed by atoms with Gasteiger partial charge in [-0.3, -0.25) is 4.90 Å². The average molecular weight is 405 g/mol. The average Bonchev–Trinajstić information content (AvgIpc) is 3.02. The summed E-state index contributed by atoms with van der Waals surface area (Å²) in [5.74, 6) is -0.00939. The Kier molecular flexibility index (Phi) is 4.43. The largest absolute Gasteiger partial charge is 0.325 e. The highest BCUT2D eigenvalue weighted by molar-refractivity contribution is 7.91. The third-order valence-electron chi connectivity index (χ3n) is 5.35. The first kappa shape index (κ1) is 18.3. The number of rotatable bonds is 3. The van der Waals surface area contributed by atoms with Gasteiger partial charge < -0.3 is 4.90 Å². The molecule has 2 aromatic rings. The number of sulfone groups is 1. The Morgan fingerprint density at radius 1 is 1.07 bits per heavy atom. The fraction of sp³-hybridized carbons (Fsp3) is 0.350. The minimum atomic E-state index is -3.19. The maximum absolute atomic E-state index is 13.2. The van der Waals surface area contributed by atoms with Crippen LogP contribution in [0.1, 0.15) is 16.7 Å². The van der Waals surface area contributed by atoms with Gasteiger partial charge in [-0.2, -0.15) is 0 Å². The van der Waals surface area contributed by atoms with Crippen molar-refractivity contribution < 1.29 is 13.2 Å². The zero-order chi connectivity index (χ0) is 19.3. The van der Waals surface area contributed by atoms with E-state index in [-0.39, 0.29) is 29.6 Å². The van der Waals surface area contributed by atoms with Crippen LogP contribution in [0.25, 0.3) is 0 Å². The molecular weight excluding hydrogens is 384 g/mol. The number of urea groups is 1. The summed E-state index contributed by atoms with van der Waals surface area (Å²) >= 11 is 6.25. The van der Waals surface area contributed by atoms with Gasteiger partial charge in [0.05, 0.1) is 23.6 Å². The summed E-state index contributed by atoms with van der Waals surface area (Å²) < 4.78 is 24.6. The van der Waals surface area contributed by atoms with Gasteiger partial charge in [-0.1, -0.05) is 47.5 Å². The molecule has 0 aromatic heterocycles. The molecule has 0 N–H and O–H groups in total. The Morgan fingerprint density at radius 2 is 1.81 bits per heavy atom. The van der Waals surface area contributed by atoms with E-state index in [1.54, 1.807) is 15.9 Å². The third-order valence-corrected chi connectivity index (χ3v) is 7.45. The quantitative estimate of drug-likeness (QED) is 0.735. The minimum absolute atomic E-state index is 0.00527. The maximum atomic E-state index is 13.2. The van der Waals surface area contributed by atoms with Crippen molar-refractivity contribution in [3.05, 3.63) is 64.2 Å². The van der Waals surface area contributed by atoms with Crippen molar-refractivity contribution in [1.82, 2.24) is 4.90 Å². The number of hydrogen-bond acceptors (Lipinski definition) is 3. The van der Waals surface area contributed by atoms with Gasteiger partial charge in [0.2, 0.25) is 0 Å².